The summed E-state index contributed by atoms with van der Waals surface area (Å²) in [6.07, 6.45) is 6.48. The number of methoxy groups -OCH3 is 1. The van der Waals surface area contributed by atoms with Crippen molar-refractivity contribution in [2.45, 2.75) is 44.6 Å². The van der Waals surface area contributed by atoms with Crippen molar-refractivity contribution in [1.82, 2.24) is 4.90 Å². The third-order valence-electron chi connectivity index (χ3n) is 5.38. The number of carbonyl (C=O) groups excluding carboxylic acids is 2. The molecule has 1 amide bonds. The number of hydrogen-bond acceptors (Lipinski definition) is 3. The summed E-state index contributed by atoms with van der Waals surface area (Å²) < 4.78 is 4.70. The van der Waals surface area contributed by atoms with Gasteiger partial charge in [-0.15, -0.1) is 0 Å². The molecule has 0 spiro atoms. The van der Waals surface area contributed by atoms with E-state index in [4.69, 9.17) is 4.74 Å². The number of nitrogens with zero attached hydrogens (tertiary/aromatic N) is 1. The molecule has 142 valence electrons. The lowest BCUT2D eigenvalue weighted by atomic mass is 9.84. The summed E-state index contributed by atoms with van der Waals surface area (Å²) >= 11 is 0. The number of esters is 1. The summed E-state index contributed by atoms with van der Waals surface area (Å²) in [5.74, 6) is 0.292. The maximum atomic E-state index is 12.7. The van der Waals surface area contributed by atoms with Gasteiger partial charge in [-0.25, -0.2) is 4.79 Å². The Balaban J connectivity index is 1.62. The van der Waals surface area contributed by atoms with E-state index < -0.39 is 0 Å². The molecule has 1 fully saturated rings. The van der Waals surface area contributed by atoms with E-state index in [-0.39, 0.29) is 11.9 Å². The van der Waals surface area contributed by atoms with Gasteiger partial charge in [-0.3, -0.25) is 4.79 Å². The molecular formula is C23H27NO3. The smallest absolute Gasteiger partial charge is 0.337 e. The largest absolute Gasteiger partial charge is 0.465 e. The van der Waals surface area contributed by atoms with Gasteiger partial charge in [0.1, 0.15) is 0 Å². The lowest BCUT2D eigenvalue weighted by Crippen LogP contribution is -2.26. The SMILES string of the molecule is COC(=O)c1ccc(CN(C)C(=O)c2ccc(C3CCCCC3)cc2)cc1. The summed E-state index contributed by atoms with van der Waals surface area (Å²) in [6.45, 7) is 0.491. The first-order valence-corrected chi connectivity index (χ1v) is 9.61. The molecule has 0 aliphatic heterocycles. The van der Waals surface area contributed by atoms with Crippen LogP contribution in [0.4, 0.5) is 0 Å². The molecule has 0 N–H and O–H groups in total. The van der Waals surface area contributed by atoms with Crippen LogP contribution in [0.1, 0.15) is 69.9 Å². The quantitative estimate of drug-likeness (QED) is 0.716. The van der Waals surface area contributed by atoms with Gasteiger partial charge in [-0.05, 0) is 54.2 Å². The Morgan fingerprint density at radius 1 is 0.926 bits per heavy atom. The lowest BCUT2D eigenvalue weighted by molar-refractivity contribution is 0.0600. The summed E-state index contributed by atoms with van der Waals surface area (Å²) in [5.41, 5.74) is 3.54. The highest BCUT2D eigenvalue weighted by Crippen LogP contribution is 2.32. The average molecular weight is 365 g/mol. The van der Waals surface area contributed by atoms with E-state index in [1.165, 1.54) is 44.8 Å². The van der Waals surface area contributed by atoms with Gasteiger partial charge < -0.3 is 9.64 Å². The molecule has 0 radical (unpaired) electrons. The van der Waals surface area contributed by atoms with E-state index in [2.05, 4.69) is 12.1 Å². The zero-order chi connectivity index (χ0) is 19.2. The summed E-state index contributed by atoms with van der Waals surface area (Å²) in [6, 6.07) is 15.3. The van der Waals surface area contributed by atoms with E-state index >= 15 is 0 Å². The molecule has 2 aromatic rings. The van der Waals surface area contributed by atoms with Crippen LogP contribution in [0.2, 0.25) is 0 Å². The van der Waals surface area contributed by atoms with Crippen LogP contribution in [-0.4, -0.2) is 30.9 Å². The Morgan fingerprint density at radius 3 is 2.11 bits per heavy atom. The Bertz CT molecular complexity index is 774. The number of carbonyl (C=O) groups is 2. The topological polar surface area (TPSA) is 46.6 Å². The fourth-order valence-electron chi connectivity index (χ4n) is 3.76. The van der Waals surface area contributed by atoms with Crippen LogP contribution >= 0.6 is 0 Å². The van der Waals surface area contributed by atoms with Crippen LogP contribution in [0.5, 0.6) is 0 Å². The number of hydrogen-bond donors (Lipinski definition) is 0. The molecular weight excluding hydrogens is 338 g/mol. The monoisotopic (exact) mass is 365 g/mol. The first kappa shape index (κ1) is 19.2. The van der Waals surface area contributed by atoms with Gasteiger partial charge in [0.2, 0.25) is 0 Å². The van der Waals surface area contributed by atoms with E-state index in [1.54, 1.807) is 24.1 Å². The van der Waals surface area contributed by atoms with Crippen LogP contribution in [0.3, 0.4) is 0 Å². The van der Waals surface area contributed by atoms with Crippen molar-refractivity contribution in [3.8, 4) is 0 Å². The van der Waals surface area contributed by atoms with Crippen LogP contribution in [0.15, 0.2) is 48.5 Å². The van der Waals surface area contributed by atoms with Gasteiger partial charge in [0, 0.05) is 19.2 Å². The minimum atomic E-state index is -0.357. The second-order valence-corrected chi connectivity index (χ2v) is 7.31. The molecule has 1 aliphatic carbocycles. The van der Waals surface area contributed by atoms with E-state index in [0.29, 0.717) is 23.6 Å². The normalized spacial score (nSPS) is 14.6. The molecule has 3 rings (SSSR count). The predicted octanol–water partition coefficient (Wildman–Crippen LogP) is 4.79. The highest BCUT2D eigenvalue weighted by Gasteiger charge is 2.17. The maximum absolute atomic E-state index is 12.7. The molecule has 0 saturated heterocycles. The second-order valence-electron chi connectivity index (χ2n) is 7.31. The summed E-state index contributed by atoms with van der Waals surface area (Å²) in [4.78, 5) is 25.9. The predicted molar refractivity (Wildman–Crippen MR) is 106 cm³/mol. The fourth-order valence-corrected chi connectivity index (χ4v) is 3.76. The first-order chi connectivity index (χ1) is 13.1. The number of amides is 1. The molecule has 0 bridgehead atoms. The van der Waals surface area contributed by atoms with E-state index in [9.17, 15) is 9.59 Å². The van der Waals surface area contributed by atoms with Crippen LogP contribution < -0.4 is 0 Å². The van der Waals surface area contributed by atoms with Gasteiger partial charge in [-0.2, -0.15) is 0 Å². The molecule has 1 aliphatic rings. The highest BCUT2D eigenvalue weighted by molar-refractivity contribution is 5.94. The fraction of sp³-hybridized carbons (Fsp3) is 0.391. The Labute approximate surface area is 161 Å². The lowest BCUT2D eigenvalue weighted by Gasteiger charge is -2.22. The third-order valence-corrected chi connectivity index (χ3v) is 5.38. The minimum Gasteiger partial charge on any atom is -0.465 e. The third kappa shape index (κ3) is 4.76. The minimum absolute atomic E-state index is 0.00207. The Hall–Kier alpha value is -2.62. The van der Waals surface area contributed by atoms with Crippen molar-refractivity contribution in [3.05, 3.63) is 70.8 Å². The van der Waals surface area contributed by atoms with Crippen molar-refractivity contribution in [2.75, 3.05) is 14.2 Å². The Morgan fingerprint density at radius 2 is 1.52 bits per heavy atom. The molecule has 1 saturated carbocycles. The van der Waals surface area contributed by atoms with E-state index in [1.807, 2.05) is 24.3 Å². The maximum Gasteiger partial charge on any atom is 0.337 e. The average Bonchev–Trinajstić information content (AvgIpc) is 2.74. The summed E-state index contributed by atoms with van der Waals surface area (Å²) in [5, 5.41) is 0. The zero-order valence-electron chi connectivity index (χ0n) is 16.1. The molecule has 0 unspecified atom stereocenters. The molecule has 0 heterocycles. The number of rotatable bonds is 5. The molecule has 0 aromatic heterocycles. The van der Waals surface area contributed by atoms with Crippen molar-refractivity contribution in [2.24, 2.45) is 0 Å². The van der Waals surface area contributed by atoms with Crippen molar-refractivity contribution < 1.29 is 14.3 Å². The van der Waals surface area contributed by atoms with Crippen LogP contribution in [0.25, 0.3) is 0 Å². The van der Waals surface area contributed by atoms with Crippen molar-refractivity contribution >= 4 is 11.9 Å². The summed E-state index contributed by atoms with van der Waals surface area (Å²) in [7, 11) is 3.16. The second kappa shape index (κ2) is 8.85. The molecule has 2 aromatic carbocycles. The first-order valence-electron chi connectivity index (χ1n) is 9.61. The van der Waals surface area contributed by atoms with Crippen LogP contribution in [-0.2, 0) is 11.3 Å². The molecule has 27 heavy (non-hydrogen) atoms. The molecule has 0 atom stereocenters. The highest BCUT2D eigenvalue weighted by atomic mass is 16.5. The van der Waals surface area contributed by atoms with Gasteiger partial charge in [0.15, 0.2) is 0 Å². The standard InChI is InChI=1S/C23H27NO3/c1-24(16-17-8-10-21(11-9-17)23(26)27-2)22(25)20-14-12-19(13-15-20)18-6-4-3-5-7-18/h8-15,18H,3-7,16H2,1-2H3. The van der Waals surface area contributed by atoms with Gasteiger partial charge in [0.25, 0.3) is 5.91 Å². The van der Waals surface area contributed by atoms with Gasteiger partial charge in [0.05, 0.1) is 12.7 Å². The van der Waals surface area contributed by atoms with E-state index in [0.717, 1.165) is 5.56 Å². The van der Waals surface area contributed by atoms with Crippen molar-refractivity contribution in [1.29, 1.82) is 0 Å². The molecule has 4 heteroatoms. The van der Waals surface area contributed by atoms with Gasteiger partial charge in [-0.1, -0.05) is 43.5 Å². The zero-order valence-corrected chi connectivity index (χ0v) is 16.1. The number of benzene rings is 2. The number of ether oxygens (including phenoxy) is 1. The Kier molecular flexibility index (Phi) is 6.28. The van der Waals surface area contributed by atoms with Crippen LogP contribution in [0, 0.1) is 0 Å². The molecule has 4 nitrogen and oxygen atoms in total. The van der Waals surface area contributed by atoms with Gasteiger partial charge >= 0.3 is 5.97 Å². The van der Waals surface area contributed by atoms with Crippen molar-refractivity contribution in [3.63, 3.8) is 0 Å².